The van der Waals surface area contributed by atoms with Crippen LogP contribution in [0.1, 0.15) is 30.1 Å². The third-order valence-corrected chi connectivity index (χ3v) is 3.57. The summed E-state index contributed by atoms with van der Waals surface area (Å²) < 4.78 is 0.912. The van der Waals surface area contributed by atoms with Gasteiger partial charge in [-0.05, 0) is 24.6 Å². The SMILES string of the molecule is CCC[C@@H](NC(=O)c1ccc2ncsc2c1)C(=O)O. The average Bonchev–Trinajstić information content (AvgIpc) is 2.85. The van der Waals surface area contributed by atoms with Crippen molar-refractivity contribution in [3.05, 3.63) is 29.3 Å². The van der Waals surface area contributed by atoms with Crippen molar-refractivity contribution >= 4 is 33.4 Å². The van der Waals surface area contributed by atoms with E-state index in [0.717, 1.165) is 10.2 Å². The van der Waals surface area contributed by atoms with Crippen LogP contribution in [0.3, 0.4) is 0 Å². The Morgan fingerprint density at radius 2 is 2.26 bits per heavy atom. The van der Waals surface area contributed by atoms with Crippen molar-refractivity contribution in [3.8, 4) is 0 Å². The zero-order valence-corrected chi connectivity index (χ0v) is 11.2. The molecule has 0 saturated carbocycles. The highest BCUT2D eigenvalue weighted by atomic mass is 32.1. The summed E-state index contributed by atoms with van der Waals surface area (Å²) in [5, 5.41) is 11.6. The predicted octanol–water partition coefficient (Wildman–Crippen LogP) is 2.28. The van der Waals surface area contributed by atoms with E-state index in [1.807, 2.05) is 6.92 Å². The number of aliphatic carboxylic acids is 1. The highest BCUT2D eigenvalue weighted by molar-refractivity contribution is 7.16. The van der Waals surface area contributed by atoms with E-state index in [0.29, 0.717) is 18.4 Å². The molecule has 1 heterocycles. The van der Waals surface area contributed by atoms with Crippen LogP contribution < -0.4 is 5.32 Å². The molecule has 0 aliphatic heterocycles. The molecular weight excluding hydrogens is 264 g/mol. The molecule has 2 aromatic rings. The Bertz CT molecular complexity index is 609. The van der Waals surface area contributed by atoms with Crippen LogP contribution in [0.4, 0.5) is 0 Å². The Kier molecular flexibility index (Phi) is 4.11. The smallest absolute Gasteiger partial charge is 0.326 e. The van der Waals surface area contributed by atoms with Crippen LogP contribution in [0.15, 0.2) is 23.7 Å². The van der Waals surface area contributed by atoms with Crippen LogP contribution in [-0.2, 0) is 4.79 Å². The molecule has 1 aromatic carbocycles. The van der Waals surface area contributed by atoms with E-state index >= 15 is 0 Å². The monoisotopic (exact) mass is 278 g/mol. The fourth-order valence-electron chi connectivity index (χ4n) is 1.78. The Morgan fingerprint density at radius 3 is 2.95 bits per heavy atom. The Hall–Kier alpha value is -1.95. The summed E-state index contributed by atoms with van der Waals surface area (Å²) in [4.78, 5) is 27.1. The van der Waals surface area contributed by atoms with Gasteiger partial charge in [-0.2, -0.15) is 0 Å². The summed E-state index contributed by atoms with van der Waals surface area (Å²) in [5.41, 5.74) is 3.01. The standard InChI is InChI=1S/C13H14N2O3S/c1-2-3-10(13(17)18)15-12(16)8-4-5-9-11(6-8)19-7-14-9/h4-7,10H,2-3H2,1H3,(H,15,16)(H,17,18)/t10-/m1/s1. The Labute approximate surface area is 114 Å². The maximum Gasteiger partial charge on any atom is 0.326 e. The van der Waals surface area contributed by atoms with E-state index in [1.165, 1.54) is 11.3 Å². The van der Waals surface area contributed by atoms with E-state index in [4.69, 9.17) is 5.11 Å². The number of carboxylic acid groups (broad SMARTS) is 1. The molecule has 100 valence electrons. The molecule has 0 aliphatic rings. The molecule has 0 spiro atoms. The topological polar surface area (TPSA) is 79.3 Å². The number of hydrogen-bond donors (Lipinski definition) is 2. The van der Waals surface area contributed by atoms with Crippen molar-refractivity contribution in [1.82, 2.24) is 10.3 Å². The molecule has 1 atom stereocenters. The normalized spacial score (nSPS) is 12.3. The van der Waals surface area contributed by atoms with Crippen molar-refractivity contribution in [1.29, 1.82) is 0 Å². The molecule has 1 aromatic heterocycles. The maximum atomic E-state index is 12.0. The molecule has 19 heavy (non-hydrogen) atoms. The number of carbonyl (C=O) groups is 2. The van der Waals surface area contributed by atoms with Gasteiger partial charge in [-0.25, -0.2) is 9.78 Å². The average molecular weight is 278 g/mol. The molecule has 2 rings (SSSR count). The molecule has 0 unspecified atom stereocenters. The molecule has 6 heteroatoms. The first-order chi connectivity index (χ1) is 9.11. The van der Waals surface area contributed by atoms with E-state index in [1.54, 1.807) is 23.7 Å². The number of carbonyl (C=O) groups excluding carboxylic acids is 1. The molecular formula is C13H14N2O3S. The van der Waals surface area contributed by atoms with Gasteiger partial charge in [-0.3, -0.25) is 4.79 Å². The fraction of sp³-hybridized carbons (Fsp3) is 0.308. The molecule has 5 nitrogen and oxygen atoms in total. The van der Waals surface area contributed by atoms with Crippen molar-refractivity contribution in [2.75, 3.05) is 0 Å². The van der Waals surface area contributed by atoms with E-state index in [2.05, 4.69) is 10.3 Å². The molecule has 0 bridgehead atoms. The molecule has 0 aliphatic carbocycles. The number of aromatic nitrogens is 1. The van der Waals surface area contributed by atoms with Crippen LogP contribution in [0, 0.1) is 0 Å². The molecule has 0 fully saturated rings. The lowest BCUT2D eigenvalue weighted by atomic mass is 10.1. The quantitative estimate of drug-likeness (QED) is 0.879. The maximum absolute atomic E-state index is 12.0. The number of amides is 1. The van der Waals surface area contributed by atoms with Gasteiger partial charge >= 0.3 is 5.97 Å². The third-order valence-electron chi connectivity index (χ3n) is 2.77. The fourth-order valence-corrected chi connectivity index (χ4v) is 2.50. The van der Waals surface area contributed by atoms with Gasteiger partial charge in [-0.1, -0.05) is 13.3 Å². The number of hydrogen-bond acceptors (Lipinski definition) is 4. The van der Waals surface area contributed by atoms with Crippen molar-refractivity contribution < 1.29 is 14.7 Å². The number of thiazole rings is 1. The highest BCUT2D eigenvalue weighted by Gasteiger charge is 2.19. The number of fused-ring (bicyclic) bond motifs is 1. The minimum absolute atomic E-state index is 0.365. The molecule has 1 amide bonds. The summed E-state index contributed by atoms with van der Waals surface area (Å²) in [6.45, 7) is 1.88. The van der Waals surface area contributed by atoms with Crippen molar-refractivity contribution in [3.63, 3.8) is 0 Å². The third kappa shape index (κ3) is 3.08. The van der Waals surface area contributed by atoms with Crippen LogP contribution in [0.2, 0.25) is 0 Å². The summed E-state index contributed by atoms with van der Waals surface area (Å²) >= 11 is 1.45. The minimum atomic E-state index is -1.01. The van der Waals surface area contributed by atoms with Gasteiger partial charge in [0.1, 0.15) is 6.04 Å². The summed E-state index contributed by atoms with van der Waals surface area (Å²) in [6.07, 6.45) is 1.12. The lowest BCUT2D eigenvalue weighted by Gasteiger charge is -2.13. The van der Waals surface area contributed by atoms with Crippen molar-refractivity contribution in [2.45, 2.75) is 25.8 Å². The second kappa shape index (κ2) is 5.79. The van der Waals surface area contributed by atoms with Gasteiger partial charge in [0, 0.05) is 5.56 Å². The summed E-state index contributed by atoms with van der Waals surface area (Å²) in [6, 6.07) is 4.31. The zero-order valence-electron chi connectivity index (χ0n) is 10.4. The Balaban J connectivity index is 2.16. The predicted molar refractivity (Wildman–Crippen MR) is 73.4 cm³/mol. The van der Waals surface area contributed by atoms with Gasteiger partial charge in [0.05, 0.1) is 15.7 Å². The molecule has 0 radical (unpaired) electrons. The van der Waals surface area contributed by atoms with E-state index in [9.17, 15) is 9.59 Å². The Morgan fingerprint density at radius 1 is 1.47 bits per heavy atom. The van der Waals surface area contributed by atoms with Crippen LogP contribution in [0.5, 0.6) is 0 Å². The van der Waals surface area contributed by atoms with Crippen LogP contribution in [0.25, 0.3) is 10.2 Å². The molecule has 2 N–H and O–H groups in total. The molecule has 0 saturated heterocycles. The minimum Gasteiger partial charge on any atom is -0.480 e. The first kappa shape index (κ1) is 13.5. The van der Waals surface area contributed by atoms with Crippen LogP contribution >= 0.6 is 11.3 Å². The van der Waals surface area contributed by atoms with Crippen molar-refractivity contribution in [2.24, 2.45) is 0 Å². The largest absolute Gasteiger partial charge is 0.480 e. The number of benzene rings is 1. The first-order valence-corrected chi connectivity index (χ1v) is 6.86. The second-order valence-corrected chi connectivity index (χ2v) is 5.07. The van der Waals surface area contributed by atoms with Gasteiger partial charge in [0.25, 0.3) is 5.91 Å². The van der Waals surface area contributed by atoms with Gasteiger partial charge in [0.15, 0.2) is 0 Å². The lowest BCUT2D eigenvalue weighted by molar-refractivity contribution is -0.139. The zero-order chi connectivity index (χ0) is 13.8. The van der Waals surface area contributed by atoms with Gasteiger partial charge in [-0.15, -0.1) is 11.3 Å². The van der Waals surface area contributed by atoms with Gasteiger partial charge in [0.2, 0.25) is 0 Å². The van der Waals surface area contributed by atoms with E-state index < -0.39 is 12.0 Å². The summed E-state index contributed by atoms with van der Waals surface area (Å²) in [5.74, 6) is -1.37. The number of nitrogens with one attached hydrogen (secondary N) is 1. The number of rotatable bonds is 5. The number of nitrogens with zero attached hydrogens (tertiary/aromatic N) is 1. The van der Waals surface area contributed by atoms with Gasteiger partial charge < -0.3 is 10.4 Å². The number of carboxylic acids is 1. The lowest BCUT2D eigenvalue weighted by Crippen LogP contribution is -2.40. The van der Waals surface area contributed by atoms with Crippen LogP contribution in [-0.4, -0.2) is 28.0 Å². The second-order valence-electron chi connectivity index (χ2n) is 4.19. The first-order valence-electron chi connectivity index (χ1n) is 5.98. The van der Waals surface area contributed by atoms with E-state index in [-0.39, 0.29) is 5.91 Å². The summed E-state index contributed by atoms with van der Waals surface area (Å²) in [7, 11) is 0. The highest BCUT2D eigenvalue weighted by Crippen LogP contribution is 2.19.